The molecule has 9 nitrogen and oxygen atoms in total. The minimum absolute atomic E-state index is 0.00555. The van der Waals surface area contributed by atoms with Crippen LogP contribution in [0.15, 0.2) is 17.2 Å². The van der Waals surface area contributed by atoms with E-state index >= 15 is 0 Å². The molecule has 2 N–H and O–H groups in total. The number of anilines is 1. The zero-order valence-corrected chi connectivity index (χ0v) is 11.6. The second-order valence-electron chi connectivity index (χ2n) is 3.85. The molecule has 0 fully saturated rings. The topological polar surface area (TPSA) is 144 Å². The van der Waals surface area contributed by atoms with Gasteiger partial charge in [0, 0.05) is 27.1 Å². The summed E-state index contributed by atoms with van der Waals surface area (Å²) in [7, 11) is 0. The van der Waals surface area contributed by atoms with Crippen LogP contribution in [-0.2, 0) is 4.74 Å². The van der Waals surface area contributed by atoms with Gasteiger partial charge < -0.3 is 10.5 Å². The first-order valence-corrected chi connectivity index (χ1v) is 6.53. The minimum atomic E-state index is -0.620. The molecule has 0 aliphatic carbocycles. The lowest BCUT2D eigenvalue weighted by molar-refractivity contribution is -0.384. The summed E-state index contributed by atoms with van der Waals surface area (Å²) < 4.78 is 5.25. The van der Waals surface area contributed by atoms with Crippen molar-refractivity contribution >= 4 is 44.5 Å². The predicted molar refractivity (Wildman–Crippen MR) is 77.7 cm³/mol. The monoisotopic (exact) mass is 307 g/mol. The first-order chi connectivity index (χ1) is 9.99. The van der Waals surface area contributed by atoms with E-state index in [4.69, 9.17) is 16.0 Å². The van der Waals surface area contributed by atoms with Crippen LogP contribution < -0.4 is 5.73 Å². The van der Waals surface area contributed by atoms with E-state index in [0.717, 1.165) is 17.4 Å². The maximum absolute atomic E-state index is 11.8. The molecular formula is C11H9N5O4S. The number of azide groups is 1. The van der Waals surface area contributed by atoms with Crippen LogP contribution in [0.4, 0.5) is 17.1 Å². The second-order valence-corrected chi connectivity index (χ2v) is 4.90. The Balaban J connectivity index is 2.77. The van der Waals surface area contributed by atoms with E-state index in [2.05, 4.69) is 10.0 Å². The number of benzene rings is 1. The van der Waals surface area contributed by atoms with Gasteiger partial charge in [-0.2, -0.15) is 0 Å². The van der Waals surface area contributed by atoms with E-state index in [1.54, 1.807) is 6.92 Å². The number of fused-ring (bicyclic) bond motifs is 1. The number of carbonyl (C=O) groups is 1. The van der Waals surface area contributed by atoms with Crippen molar-refractivity contribution in [3.8, 4) is 0 Å². The van der Waals surface area contributed by atoms with Crippen molar-refractivity contribution in [3.05, 3.63) is 37.6 Å². The Morgan fingerprint density at radius 1 is 1.62 bits per heavy atom. The van der Waals surface area contributed by atoms with Crippen LogP contribution in [0.5, 0.6) is 0 Å². The second kappa shape index (κ2) is 5.65. The third kappa shape index (κ3) is 2.57. The molecule has 0 saturated heterocycles. The van der Waals surface area contributed by atoms with E-state index < -0.39 is 10.9 Å². The number of hydrogen-bond donors (Lipinski definition) is 1. The number of nitrogen functional groups attached to an aromatic ring is 1. The van der Waals surface area contributed by atoms with Crippen molar-refractivity contribution in [2.75, 3.05) is 12.3 Å². The molecule has 1 aromatic heterocycles. The van der Waals surface area contributed by atoms with E-state index in [1.165, 1.54) is 6.07 Å². The minimum Gasteiger partial charge on any atom is -0.462 e. The highest BCUT2D eigenvalue weighted by Gasteiger charge is 2.22. The number of hydrogen-bond acceptors (Lipinski definition) is 7. The summed E-state index contributed by atoms with van der Waals surface area (Å²) in [6.07, 6.45) is 0. The van der Waals surface area contributed by atoms with Gasteiger partial charge in [0.15, 0.2) is 0 Å². The highest BCUT2D eigenvalue weighted by atomic mass is 32.1. The third-order valence-corrected chi connectivity index (χ3v) is 3.75. The van der Waals surface area contributed by atoms with Crippen molar-refractivity contribution in [1.82, 2.24) is 0 Å². The van der Waals surface area contributed by atoms with Crippen molar-refractivity contribution in [1.29, 1.82) is 0 Å². The lowest BCUT2D eigenvalue weighted by Crippen LogP contribution is -2.04. The number of carbonyl (C=O) groups excluding carboxylic acids is 1. The average molecular weight is 307 g/mol. The van der Waals surface area contributed by atoms with Crippen LogP contribution in [0.2, 0.25) is 0 Å². The van der Waals surface area contributed by atoms with Crippen LogP contribution in [0.3, 0.4) is 0 Å². The van der Waals surface area contributed by atoms with Gasteiger partial charge in [-0.05, 0) is 12.5 Å². The molecule has 21 heavy (non-hydrogen) atoms. The van der Waals surface area contributed by atoms with Crippen molar-refractivity contribution in [3.63, 3.8) is 0 Å². The van der Waals surface area contributed by atoms with Crippen LogP contribution in [-0.4, -0.2) is 17.5 Å². The smallest absolute Gasteiger partial charge is 0.350 e. The lowest BCUT2D eigenvalue weighted by atomic mass is 10.1. The number of nitrogens with zero attached hydrogens (tertiary/aromatic N) is 4. The largest absolute Gasteiger partial charge is 0.462 e. The highest BCUT2D eigenvalue weighted by Crippen LogP contribution is 2.42. The van der Waals surface area contributed by atoms with Gasteiger partial charge in [-0.3, -0.25) is 10.1 Å². The molecule has 0 bridgehead atoms. The number of nitro benzene ring substituents is 1. The maximum atomic E-state index is 11.8. The standard InChI is InChI=1S/C11H9N5O4S/c1-2-20-11(17)10-9(12)8-6(14-15-13)3-5(16(18)19)4-7(8)21-10/h3-4H,2,12H2,1H3. The lowest BCUT2D eigenvalue weighted by Gasteiger charge is -2.00. The molecular weight excluding hydrogens is 298 g/mol. The van der Waals surface area contributed by atoms with Crippen molar-refractivity contribution in [2.45, 2.75) is 6.92 Å². The molecule has 0 atom stereocenters. The average Bonchev–Trinajstić information content (AvgIpc) is 2.77. The molecule has 0 radical (unpaired) electrons. The van der Waals surface area contributed by atoms with Crippen LogP contribution >= 0.6 is 11.3 Å². The Labute approximate surface area is 121 Å². The van der Waals surface area contributed by atoms with E-state index in [-0.39, 0.29) is 28.5 Å². The Morgan fingerprint density at radius 3 is 2.90 bits per heavy atom. The number of non-ortho nitro benzene ring substituents is 1. The fourth-order valence-corrected chi connectivity index (χ4v) is 2.87. The molecule has 1 heterocycles. The van der Waals surface area contributed by atoms with Gasteiger partial charge in [0.05, 0.1) is 22.9 Å². The summed E-state index contributed by atoms with van der Waals surface area (Å²) in [6, 6.07) is 2.38. The molecule has 0 spiro atoms. The van der Waals surface area contributed by atoms with Crippen molar-refractivity contribution in [2.24, 2.45) is 5.11 Å². The normalized spacial score (nSPS) is 10.1. The van der Waals surface area contributed by atoms with Gasteiger partial charge >= 0.3 is 5.97 Å². The number of ether oxygens (including phenoxy) is 1. The van der Waals surface area contributed by atoms with Crippen LogP contribution in [0.1, 0.15) is 16.6 Å². The van der Waals surface area contributed by atoms with Gasteiger partial charge in [-0.1, -0.05) is 5.11 Å². The zero-order valence-electron chi connectivity index (χ0n) is 10.8. The quantitative estimate of drug-likeness (QED) is 0.229. The van der Waals surface area contributed by atoms with Gasteiger partial charge in [0.25, 0.3) is 5.69 Å². The predicted octanol–water partition coefficient (Wildman–Crippen LogP) is 3.51. The Morgan fingerprint density at radius 2 is 2.33 bits per heavy atom. The summed E-state index contributed by atoms with van der Waals surface area (Å²) in [4.78, 5) is 24.8. The van der Waals surface area contributed by atoms with Gasteiger partial charge in [-0.25, -0.2) is 4.79 Å². The number of nitrogens with two attached hydrogens (primary N) is 1. The first-order valence-electron chi connectivity index (χ1n) is 5.72. The SMILES string of the molecule is CCOC(=O)c1sc2cc([N+](=O)[O-])cc(N=[N+]=[N-])c2c1N. The number of rotatable bonds is 4. The number of nitro groups is 1. The molecule has 0 saturated carbocycles. The molecule has 0 unspecified atom stereocenters. The van der Waals surface area contributed by atoms with Crippen LogP contribution in [0.25, 0.3) is 20.5 Å². The fourth-order valence-electron chi connectivity index (χ4n) is 1.80. The number of thiophene rings is 1. The van der Waals surface area contributed by atoms with Gasteiger partial charge in [-0.15, -0.1) is 11.3 Å². The Bertz CT molecular complexity index is 793. The summed E-state index contributed by atoms with van der Waals surface area (Å²) in [5.74, 6) is -0.620. The zero-order chi connectivity index (χ0) is 15.6. The number of esters is 1. The van der Waals surface area contributed by atoms with E-state index in [9.17, 15) is 14.9 Å². The summed E-state index contributed by atoms with van der Waals surface area (Å²) >= 11 is 0.956. The van der Waals surface area contributed by atoms with E-state index in [0.29, 0.717) is 10.1 Å². The fraction of sp³-hybridized carbons (Fsp3) is 0.182. The van der Waals surface area contributed by atoms with Crippen molar-refractivity contribution < 1.29 is 14.5 Å². The molecule has 2 rings (SSSR count). The first kappa shape index (κ1) is 14.6. The summed E-state index contributed by atoms with van der Waals surface area (Å²) in [5, 5.41) is 14.6. The van der Waals surface area contributed by atoms with Gasteiger partial charge in [0.1, 0.15) is 4.88 Å². The molecule has 0 aliphatic heterocycles. The van der Waals surface area contributed by atoms with Crippen LogP contribution in [0, 0.1) is 10.1 Å². The Hall–Kier alpha value is -2.84. The summed E-state index contributed by atoms with van der Waals surface area (Å²) in [5.41, 5.74) is 14.3. The molecule has 108 valence electrons. The van der Waals surface area contributed by atoms with E-state index in [1.807, 2.05) is 0 Å². The maximum Gasteiger partial charge on any atom is 0.350 e. The molecule has 2 aromatic rings. The molecule has 0 aliphatic rings. The summed E-state index contributed by atoms with van der Waals surface area (Å²) in [6.45, 7) is 1.83. The molecule has 1 aromatic carbocycles. The molecule has 0 amide bonds. The Kier molecular flexibility index (Phi) is 3.92. The van der Waals surface area contributed by atoms with Gasteiger partial charge in [0.2, 0.25) is 0 Å². The third-order valence-electron chi connectivity index (χ3n) is 2.62. The highest BCUT2D eigenvalue weighted by molar-refractivity contribution is 7.21. The molecule has 10 heteroatoms.